The molecule has 1 aliphatic heterocycles. The van der Waals surface area contributed by atoms with Gasteiger partial charge in [0.1, 0.15) is 11.6 Å². The second kappa shape index (κ2) is 10.4. The molecule has 9 heteroatoms. The molecule has 1 amide bonds. The summed E-state index contributed by atoms with van der Waals surface area (Å²) in [6.07, 6.45) is 0.773. The van der Waals surface area contributed by atoms with Crippen LogP contribution in [0.25, 0.3) is 0 Å². The Morgan fingerprint density at radius 3 is 2.39 bits per heavy atom. The first-order valence-electron chi connectivity index (χ1n) is 10.9. The third-order valence-corrected chi connectivity index (χ3v) is 5.82. The molecule has 1 aromatic heterocycles. The Balaban J connectivity index is 1.42. The monoisotopic (exact) mass is 451 g/mol. The Morgan fingerprint density at radius 2 is 1.67 bits per heavy atom. The van der Waals surface area contributed by atoms with Crippen LogP contribution < -0.4 is 19.5 Å². The van der Waals surface area contributed by atoms with Crippen molar-refractivity contribution in [2.45, 2.75) is 26.1 Å². The molecule has 1 N–H and O–H groups in total. The number of hydrogen-bond acceptors (Lipinski definition) is 7. The SMILES string of the molecule is COc1cc(OC)c(OC)cc1CN1CCc2nnc(CNC(=O)c3ccccc3)n2CC1. The predicted octanol–water partition coefficient (Wildman–Crippen LogP) is 2.29. The molecule has 3 aromatic rings. The average molecular weight is 452 g/mol. The maximum Gasteiger partial charge on any atom is 0.251 e. The lowest BCUT2D eigenvalue weighted by Gasteiger charge is -2.22. The van der Waals surface area contributed by atoms with Crippen molar-refractivity contribution in [3.8, 4) is 17.2 Å². The number of carbonyl (C=O) groups is 1. The van der Waals surface area contributed by atoms with Gasteiger partial charge in [0.05, 0.1) is 27.9 Å². The van der Waals surface area contributed by atoms with Crippen LogP contribution in [0.15, 0.2) is 42.5 Å². The minimum Gasteiger partial charge on any atom is -0.496 e. The second-order valence-corrected chi connectivity index (χ2v) is 7.78. The molecule has 174 valence electrons. The van der Waals surface area contributed by atoms with Crippen molar-refractivity contribution >= 4 is 5.91 Å². The zero-order chi connectivity index (χ0) is 23.2. The Labute approximate surface area is 193 Å². The smallest absolute Gasteiger partial charge is 0.251 e. The van der Waals surface area contributed by atoms with E-state index in [9.17, 15) is 4.79 Å². The molecule has 2 heterocycles. The molecule has 0 fully saturated rings. The summed E-state index contributed by atoms with van der Waals surface area (Å²) in [6.45, 7) is 3.45. The molecule has 2 aromatic carbocycles. The number of aromatic nitrogens is 3. The van der Waals surface area contributed by atoms with Crippen LogP contribution in [-0.4, -0.2) is 60.0 Å². The first-order valence-corrected chi connectivity index (χ1v) is 10.9. The number of carbonyl (C=O) groups excluding carboxylic acids is 1. The van der Waals surface area contributed by atoms with Gasteiger partial charge >= 0.3 is 0 Å². The second-order valence-electron chi connectivity index (χ2n) is 7.78. The largest absolute Gasteiger partial charge is 0.496 e. The lowest BCUT2D eigenvalue weighted by molar-refractivity contribution is 0.0949. The highest BCUT2D eigenvalue weighted by molar-refractivity contribution is 5.93. The van der Waals surface area contributed by atoms with E-state index in [1.54, 1.807) is 33.5 Å². The van der Waals surface area contributed by atoms with Crippen LogP contribution in [0.5, 0.6) is 17.2 Å². The Bertz CT molecular complexity index is 1100. The predicted molar refractivity (Wildman–Crippen MR) is 123 cm³/mol. The molecule has 0 saturated heterocycles. The number of hydrogen-bond donors (Lipinski definition) is 1. The van der Waals surface area contributed by atoms with Crippen LogP contribution in [0.1, 0.15) is 27.6 Å². The van der Waals surface area contributed by atoms with E-state index in [0.717, 1.165) is 49.0 Å². The van der Waals surface area contributed by atoms with E-state index in [2.05, 4.69) is 25.0 Å². The van der Waals surface area contributed by atoms with Crippen LogP contribution in [0.4, 0.5) is 0 Å². The van der Waals surface area contributed by atoms with Gasteiger partial charge in [0.2, 0.25) is 0 Å². The third-order valence-electron chi connectivity index (χ3n) is 5.82. The topological polar surface area (TPSA) is 90.7 Å². The highest BCUT2D eigenvalue weighted by atomic mass is 16.5. The molecular formula is C24H29N5O4. The number of rotatable bonds is 8. The Kier molecular flexibility index (Phi) is 7.09. The van der Waals surface area contributed by atoms with Gasteiger partial charge in [-0.2, -0.15) is 0 Å². The van der Waals surface area contributed by atoms with E-state index in [0.29, 0.717) is 30.2 Å². The molecule has 9 nitrogen and oxygen atoms in total. The molecule has 0 saturated carbocycles. The van der Waals surface area contributed by atoms with Crippen molar-refractivity contribution in [2.24, 2.45) is 0 Å². The summed E-state index contributed by atoms with van der Waals surface area (Å²) in [5.41, 5.74) is 1.66. The molecular weight excluding hydrogens is 422 g/mol. The zero-order valence-electron chi connectivity index (χ0n) is 19.2. The van der Waals surface area contributed by atoms with Crippen molar-refractivity contribution in [1.29, 1.82) is 0 Å². The van der Waals surface area contributed by atoms with Crippen LogP contribution in [0.3, 0.4) is 0 Å². The number of nitrogens with zero attached hydrogens (tertiary/aromatic N) is 4. The van der Waals surface area contributed by atoms with Gasteiger partial charge in [0.15, 0.2) is 17.3 Å². The number of nitrogens with one attached hydrogen (secondary N) is 1. The summed E-state index contributed by atoms with van der Waals surface area (Å²) < 4.78 is 18.6. The summed E-state index contributed by atoms with van der Waals surface area (Å²) in [5, 5.41) is 11.6. The van der Waals surface area contributed by atoms with Gasteiger partial charge in [-0.1, -0.05) is 18.2 Å². The molecule has 1 aliphatic rings. The first kappa shape index (κ1) is 22.6. The van der Waals surface area contributed by atoms with Gasteiger partial charge in [-0.25, -0.2) is 0 Å². The number of fused-ring (bicyclic) bond motifs is 1. The zero-order valence-corrected chi connectivity index (χ0v) is 19.2. The minimum atomic E-state index is -0.122. The van der Waals surface area contributed by atoms with Crippen molar-refractivity contribution in [2.75, 3.05) is 34.4 Å². The average Bonchev–Trinajstić information content (AvgIpc) is 3.14. The van der Waals surface area contributed by atoms with Gasteiger partial charge in [0, 0.05) is 49.8 Å². The maximum atomic E-state index is 12.4. The number of benzene rings is 2. The van der Waals surface area contributed by atoms with Gasteiger partial charge in [-0.05, 0) is 18.2 Å². The van der Waals surface area contributed by atoms with E-state index in [-0.39, 0.29) is 5.91 Å². The summed E-state index contributed by atoms with van der Waals surface area (Å²) in [4.78, 5) is 14.7. The van der Waals surface area contributed by atoms with Crippen LogP contribution in [0, 0.1) is 0 Å². The summed E-state index contributed by atoms with van der Waals surface area (Å²) in [5.74, 6) is 3.66. The van der Waals surface area contributed by atoms with E-state index in [4.69, 9.17) is 14.2 Å². The highest BCUT2D eigenvalue weighted by Crippen LogP contribution is 2.35. The van der Waals surface area contributed by atoms with Crippen molar-refractivity contribution in [1.82, 2.24) is 25.0 Å². The molecule has 0 atom stereocenters. The lowest BCUT2D eigenvalue weighted by atomic mass is 10.1. The van der Waals surface area contributed by atoms with Gasteiger partial charge in [0.25, 0.3) is 5.91 Å². The van der Waals surface area contributed by atoms with Crippen LogP contribution in [0.2, 0.25) is 0 Å². The first-order chi connectivity index (χ1) is 16.1. The summed E-state index contributed by atoms with van der Waals surface area (Å²) in [6, 6.07) is 13.0. The fourth-order valence-electron chi connectivity index (χ4n) is 4.02. The van der Waals surface area contributed by atoms with E-state index in [1.165, 1.54) is 0 Å². The molecule has 0 radical (unpaired) electrons. The van der Waals surface area contributed by atoms with Gasteiger partial charge < -0.3 is 24.1 Å². The van der Waals surface area contributed by atoms with Crippen molar-refractivity contribution < 1.29 is 19.0 Å². The molecule has 0 bridgehead atoms. The van der Waals surface area contributed by atoms with Gasteiger partial charge in [-0.15, -0.1) is 10.2 Å². The standard InChI is InChI=1S/C24H29N5O4/c1-31-19-14-21(33-3)20(32-2)13-18(19)16-28-10-9-22-26-27-23(29(22)12-11-28)15-25-24(30)17-7-5-4-6-8-17/h4-8,13-14H,9-12,15-16H2,1-3H3,(H,25,30). The quantitative estimate of drug-likeness (QED) is 0.562. The normalized spacial score (nSPS) is 13.7. The van der Waals surface area contributed by atoms with Crippen LogP contribution >= 0.6 is 0 Å². The fourth-order valence-corrected chi connectivity index (χ4v) is 4.02. The summed E-state index contributed by atoms with van der Waals surface area (Å²) in [7, 11) is 4.90. The molecule has 0 unspecified atom stereocenters. The van der Waals surface area contributed by atoms with E-state index in [1.807, 2.05) is 30.3 Å². The highest BCUT2D eigenvalue weighted by Gasteiger charge is 2.21. The third kappa shape index (κ3) is 5.09. The fraction of sp³-hybridized carbons (Fsp3) is 0.375. The number of methoxy groups -OCH3 is 3. The molecule has 33 heavy (non-hydrogen) atoms. The Morgan fingerprint density at radius 1 is 0.939 bits per heavy atom. The number of ether oxygens (including phenoxy) is 3. The van der Waals surface area contributed by atoms with Crippen molar-refractivity contribution in [3.05, 3.63) is 65.2 Å². The minimum absolute atomic E-state index is 0.122. The molecule has 4 rings (SSSR count). The van der Waals surface area contributed by atoms with Crippen molar-refractivity contribution in [3.63, 3.8) is 0 Å². The Hall–Kier alpha value is -3.59. The molecule has 0 aliphatic carbocycles. The van der Waals surface area contributed by atoms with E-state index >= 15 is 0 Å². The van der Waals surface area contributed by atoms with Gasteiger partial charge in [-0.3, -0.25) is 9.69 Å². The maximum absolute atomic E-state index is 12.4. The molecule has 0 spiro atoms. The van der Waals surface area contributed by atoms with E-state index < -0.39 is 0 Å². The lowest BCUT2D eigenvalue weighted by Crippen LogP contribution is -2.28. The number of amides is 1. The van der Waals surface area contributed by atoms with Crippen LogP contribution in [-0.2, 0) is 26.1 Å². The summed E-state index contributed by atoms with van der Waals surface area (Å²) >= 11 is 0.